The van der Waals surface area contributed by atoms with E-state index < -0.39 is 5.91 Å². The molecule has 0 radical (unpaired) electrons. The van der Waals surface area contributed by atoms with E-state index in [9.17, 15) is 9.59 Å². The summed E-state index contributed by atoms with van der Waals surface area (Å²) in [5.74, 6) is -0.400. The van der Waals surface area contributed by atoms with Gasteiger partial charge in [-0.25, -0.2) is 4.98 Å². The van der Waals surface area contributed by atoms with Gasteiger partial charge in [-0.05, 0) is 31.0 Å². The number of carbonyl (C=O) groups excluding carboxylic acids is 1. The number of rotatable bonds is 5. The number of thioether (sulfide) groups is 1. The van der Waals surface area contributed by atoms with Crippen LogP contribution in [0.5, 0.6) is 0 Å². The van der Waals surface area contributed by atoms with E-state index in [4.69, 9.17) is 22.1 Å². The molecule has 0 saturated carbocycles. The summed E-state index contributed by atoms with van der Waals surface area (Å²) in [5, 5.41) is 1.46. The molecule has 1 aromatic heterocycles. The van der Waals surface area contributed by atoms with Gasteiger partial charge in [0, 0.05) is 11.6 Å². The van der Waals surface area contributed by atoms with Crippen molar-refractivity contribution < 1.29 is 9.53 Å². The second-order valence-corrected chi connectivity index (χ2v) is 6.74. The molecule has 0 spiro atoms. The Balaban J connectivity index is 2.06. The molecule has 1 atom stereocenters. The number of benzene rings is 1. The van der Waals surface area contributed by atoms with Crippen molar-refractivity contribution in [3.8, 4) is 0 Å². The first-order chi connectivity index (χ1) is 11.0. The standard InChI is InChI=1S/C15H16ClN3O3S/c16-9-3-4-11-12(6-9)18-15(23-8-13(17)20)19(14(11)21)7-10-2-1-5-22-10/h3-4,6,10H,1-2,5,7-8H2,(H2,17,20)/t10-/m1/s1. The van der Waals surface area contributed by atoms with E-state index >= 15 is 0 Å². The maximum absolute atomic E-state index is 12.8. The van der Waals surface area contributed by atoms with Crippen LogP contribution in [-0.2, 0) is 16.1 Å². The third-order valence-electron chi connectivity index (χ3n) is 3.64. The average Bonchev–Trinajstić information content (AvgIpc) is 3.01. The minimum Gasteiger partial charge on any atom is -0.376 e. The van der Waals surface area contributed by atoms with Crippen LogP contribution in [0.15, 0.2) is 28.2 Å². The van der Waals surface area contributed by atoms with Gasteiger partial charge in [-0.3, -0.25) is 14.2 Å². The molecule has 8 heteroatoms. The molecule has 6 nitrogen and oxygen atoms in total. The maximum atomic E-state index is 12.8. The molecule has 1 aliphatic rings. The highest BCUT2D eigenvalue weighted by molar-refractivity contribution is 7.99. The smallest absolute Gasteiger partial charge is 0.262 e. The Bertz CT molecular complexity index is 802. The molecule has 1 aromatic carbocycles. The molecule has 1 saturated heterocycles. The monoisotopic (exact) mass is 353 g/mol. The average molecular weight is 354 g/mol. The van der Waals surface area contributed by atoms with Crippen molar-refractivity contribution in [3.05, 3.63) is 33.6 Å². The van der Waals surface area contributed by atoms with Crippen molar-refractivity contribution >= 4 is 40.2 Å². The molecule has 23 heavy (non-hydrogen) atoms. The minimum atomic E-state index is -0.459. The number of hydrogen-bond donors (Lipinski definition) is 1. The summed E-state index contributed by atoms with van der Waals surface area (Å²) in [6, 6.07) is 4.98. The van der Waals surface area contributed by atoms with Gasteiger partial charge in [-0.15, -0.1) is 0 Å². The van der Waals surface area contributed by atoms with Crippen molar-refractivity contribution in [1.82, 2.24) is 9.55 Å². The highest BCUT2D eigenvalue weighted by atomic mass is 35.5. The van der Waals surface area contributed by atoms with Crippen molar-refractivity contribution in [2.45, 2.75) is 30.6 Å². The van der Waals surface area contributed by atoms with Crippen LogP contribution in [0.1, 0.15) is 12.8 Å². The lowest BCUT2D eigenvalue weighted by Crippen LogP contribution is -2.29. The third-order valence-corrected chi connectivity index (χ3v) is 4.87. The Morgan fingerprint density at radius 3 is 3.04 bits per heavy atom. The Labute approximate surface area is 142 Å². The SMILES string of the molecule is NC(=O)CSc1nc2cc(Cl)ccc2c(=O)n1C[C@H]1CCCO1. The van der Waals surface area contributed by atoms with Gasteiger partial charge in [0.1, 0.15) is 0 Å². The van der Waals surface area contributed by atoms with Gasteiger partial charge in [0.05, 0.1) is 29.3 Å². The quantitative estimate of drug-likeness (QED) is 0.654. The van der Waals surface area contributed by atoms with E-state index in [1.807, 2.05) is 0 Å². The highest BCUT2D eigenvalue weighted by Crippen LogP contribution is 2.22. The second kappa shape index (κ2) is 6.90. The Hall–Kier alpha value is -1.57. The fraction of sp³-hybridized carbons (Fsp3) is 0.400. The molecule has 122 valence electrons. The zero-order valence-corrected chi connectivity index (χ0v) is 13.9. The van der Waals surface area contributed by atoms with E-state index in [0.717, 1.165) is 24.6 Å². The molecule has 1 aliphatic heterocycles. The number of hydrogen-bond acceptors (Lipinski definition) is 5. The zero-order valence-electron chi connectivity index (χ0n) is 12.3. The lowest BCUT2D eigenvalue weighted by molar-refractivity contribution is -0.115. The van der Waals surface area contributed by atoms with Gasteiger partial charge in [-0.1, -0.05) is 23.4 Å². The van der Waals surface area contributed by atoms with E-state index in [0.29, 0.717) is 34.2 Å². The normalized spacial score (nSPS) is 17.7. The molecule has 2 N–H and O–H groups in total. The number of nitrogens with two attached hydrogens (primary N) is 1. The summed E-state index contributed by atoms with van der Waals surface area (Å²) in [4.78, 5) is 28.3. The van der Waals surface area contributed by atoms with Gasteiger partial charge in [0.25, 0.3) is 5.56 Å². The Morgan fingerprint density at radius 1 is 1.52 bits per heavy atom. The van der Waals surface area contributed by atoms with Crippen LogP contribution in [0.25, 0.3) is 10.9 Å². The zero-order chi connectivity index (χ0) is 16.4. The predicted octanol–water partition coefficient (Wildman–Crippen LogP) is 1.81. The molecule has 0 unspecified atom stereocenters. The first kappa shape index (κ1) is 16.3. The maximum Gasteiger partial charge on any atom is 0.262 e. The minimum absolute atomic E-state index is 0.00724. The number of aromatic nitrogens is 2. The number of carbonyl (C=O) groups is 1. The fourth-order valence-electron chi connectivity index (χ4n) is 2.57. The largest absolute Gasteiger partial charge is 0.376 e. The van der Waals surface area contributed by atoms with Gasteiger partial charge in [-0.2, -0.15) is 0 Å². The van der Waals surface area contributed by atoms with Crippen LogP contribution in [0, 0.1) is 0 Å². The van der Waals surface area contributed by atoms with Crippen molar-refractivity contribution in [2.75, 3.05) is 12.4 Å². The van der Waals surface area contributed by atoms with Crippen molar-refractivity contribution in [1.29, 1.82) is 0 Å². The van der Waals surface area contributed by atoms with Crippen LogP contribution in [0.2, 0.25) is 5.02 Å². The molecule has 0 bridgehead atoms. The molecule has 2 aromatic rings. The second-order valence-electron chi connectivity index (χ2n) is 5.36. The molecule has 0 aliphatic carbocycles. The number of fused-ring (bicyclic) bond motifs is 1. The summed E-state index contributed by atoms with van der Waals surface area (Å²) in [6.45, 7) is 1.13. The summed E-state index contributed by atoms with van der Waals surface area (Å²) in [5.41, 5.74) is 5.56. The van der Waals surface area contributed by atoms with Crippen LogP contribution in [0.3, 0.4) is 0 Å². The van der Waals surface area contributed by atoms with E-state index in [-0.39, 0.29) is 17.4 Å². The number of halogens is 1. The number of amides is 1. The fourth-order valence-corrected chi connectivity index (χ4v) is 3.49. The van der Waals surface area contributed by atoms with Crippen molar-refractivity contribution in [3.63, 3.8) is 0 Å². The van der Waals surface area contributed by atoms with Gasteiger partial charge in [0.2, 0.25) is 5.91 Å². The molecule has 1 amide bonds. The van der Waals surface area contributed by atoms with Gasteiger partial charge < -0.3 is 10.5 Å². The van der Waals surface area contributed by atoms with Crippen LogP contribution in [0.4, 0.5) is 0 Å². The predicted molar refractivity (Wildman–Crippen MR) is 89.9 cm³/mol. The first-order valence-corrected chi connectivity index (χ1v) is 8.64. The number of nitrogens with zero attached hydrogens (tertiary/aromatic N) is 2. The summed E-state index contributed by atoms with van der Waals surface area (Å²) >= 11 is 7.13. The van der Waals surface area contributed by atoms with E-state index in [1.165, 1.54) is 0 Å². The van der Waals surface area contributed by atoms with Gasteiger partial charge in [0.15, 0.2) is 5.16 Å². The summed E-state index contributed by atoms with van der Waals surface area (Å²) in [6.07, 6.45) is 1.89. The first-order valence-electron chi connectivity index (χ1n) is 7.27. The number of ether oxygens (including phenoxy) is 1. The van der Waals surface area contributed by atoms with Crippen molar-refractivity contribution in [2.24, 2.45) is 5.73 Å². The lowest BCUT2D eigenvalue weighted by atomic mass is 10.2. The molecule has 2 heterocycles. The van der Waals surface area contributed by atoms with Crippen LogP contribution < -0.4 is 11.3 Å². The molecular formula is C15H16ClN3O3S. The summed E-state index contributed by atoms with van der Waals surface area (Å²) in [7, 11) is 0. The lowest BCUT2D eigenvalue weighted by Gasteiger charge is -2.16. The highest BCUT2D eigenvalue weighted by Gasteiger charge is 2.20. The van der Waals surface area contributed by atoms with Crippen LogP contribution >= 0.6 is 23.4 Å². The molecular weight excluding hydrogens is 338 g/mol. The molecule has 1 fully saturated rings. The van der Waals surface area contributed by atoms with E-state index in [1.54, 1.807) is 22.8 Å². The topological polar surface area (TPSA) is 87.2 Å². The molecule has 3 rings (SSSR count). The number of primary amides is 1. The van der Waals surface area contributed by atoms with Crippen LogP contribution in [-0.4, -0.2) is 33.9 Å². The van der Waals surface area contributed by atoms with Gasteiger partial charge >= 0.3 is 0 Å². The third kappa shape index (κ3) is 3.68. The Morgan fingerprint density at radius 2 is 2.35 bits per heavy atom. The summed E-state index contributed by atoms with van der Waals surface area (Å²) < 4.78 is 7.18. The Kier molecular flexibility index (Phi) is 4.89. The van der Waals surface area contributed by atoms with E-state index in [2.05, 4.69) is 4.98 Å².